The maximum Gasteiger partial charge on any atom is 0.322 e. The molecule has 0 aromatic heterocycles. The Kier molecular flexibility index (Phi) is 7.41. The van der Waals surface area contributed by atoms with Gasteiger partial charge in [0.15, 0.2) is 0 Å². The van der Waals surface area contributed by atoms with Crippen LogP contribution in [0.5, 0.6) is 0 Å². The molecule has 1 unspecified atom stereocenters. The summed E-state index contributed by atoms with van der Waals surface area (Å²) in [4.78, 5) is 32.7. The van der Waals surface area contributed by atoms with E-state index in [1.54, 1.807) is 0 Å². The molecule has 0 bridgehead atoms. The van der Waals surface area contributed by atoms with E-state index >= 15 is 0 Å². The van der Waals surface area contributed by atoms with Gasteiger partial charge in [-0.1, -0.05) is 0 Å². The number of amides is 3. The first-order chi connectivity index (χ1) is 9.58. The largest absolute Gasteiger partial charge is 0.480 e. The molecule has 0 spiro atoms. The fourth-order valence-corrected chi connectivity index (χ4v) is 1.84. The SMILES string of the molecule is O=C(O)CNC(=O)CNC(=O)NCCC1CCCCO1. The predicted molar refractivity (Wildman–Crippen MR) is 70.3 cm³/mol. The lowest BCUT2D eigenvalue weighted by atomic mass is 10.1. The predicted octanol–water partition coefficient (Wildman–Crippen LogP) is -0.554. The fourth-order valence-electron chi connectivity index (χ4n) is 1.84. The van der Waals surface area contributed by atoms with Crippen molar-refractivity contribution in [2.75, 3.05) is 26.2 Å². The molecule has 1 aliphatic rings. The molecule has 0 saturated carbocycles. The molecule has 4 N–H and O–H groups in total. The number of aliphatic carboxylic acids is 1. The highest BCUT2D eigenvalue weighted by Gasteiger charge is 2.13. The van der Waals surface area contributed by atoms with Crippen molar-refractivity contribution in [3.63, 3.8) is 0 Å². The third-order valence-electron chi connectivity index (χ3n) is 2.87. The van der Waals surface area contributed by atoms with Gasteiger partial charge in [0.25, 0.3) is 0 Å². The summed E-state index contributed by atoms with van der Waals surface area (Å²) in [6.07, 6.45) is 4.21. The Morgan fingerprint density at radius 2 is 1.90 bits per heavy atom. The van der Waals surface area contributed by atoms with Gasteiger partial charge in [-0.2, -0.15) is 0 Å². The lowest BCUT2D eigenvalue weighted by molar-refractivity contribution is -0.137. The summed E-state index contributed by atoms with van der Waals surface area (Å²) >= 11 is 0. The van der Waals surface area contributed by atoms with Gasteiger partial charge in [-0.25, -0.2) is 4.79 Å². The van der Waals surface area contributed by atoms with Gasteiger partial charge in [0.2, 0.25) is 5.91 Å². The summed E-state index contributed by atoms with van der Waals surface area (Å²) in [6.45, 7) is 0.550. The Labute approximate surface area is 117 Å². The van der Waals surface area contributed by atoms with Crippen molar-refractivity contribution < 1.29 is 24.2 Å². The normalized spacial score (nSPS) is 18.1. The number of carboxylic acid groups (broad SMARTS) is 1. The van der Waals surface area contributed by atoms with Gasteiger partial charge in [0.05, 0.1) is 12.6 Å². The van der Waals surface area contributed by atoms with E-state index in [-0.39, 0.29) is 12.6 Å². The van der Waals surface area contributed by atoms with Crippen LogP contribution in [0.3, 0.4) is 0 Å². The Bertz CT molecular complexity index is 342. The first-order valence-corrected chi connectivity index (χ1v) is 6.69. The van der Waals surface area contributed by atoms with Crippen molar-refractivity contribution in [3.05, 3.63) is 0 Å². The molecular weight excluding hydrogens is 266 g/mol. The number of hydrogen-bond donors (Lipinski definition) is 4. The van der Waals surface area contributed by atoms with E-state index in [0.717, 1.165) is 32.3 Å². The molecule has 1 fully saturated rings. The molecule has 1 saturated heterocycles. The van der Waals surface area contributed by atoms with Crippen LogP contribution in [0.1, 0.15) is 25.7 Å². The average Bonchev–Trinajstić information content (AvgIpc) is 2.44. The topological polar surface area (TPSA) is 117 Å². The number of ether oxygens (including phenoxy) is 1. The molecule has 3 amide bonds. The Morgan fingerprint density at radius 1 is 1.10 bits per heavy atom. The van der Waals surface area contributed by atoms with Crippen LogP contribution < -0.4 is 16.0 Å². The van der Waals surface area contributed by atoms with Gasteiger partial charge in [0, 0.05) is 13.2 Å². The van der Waals surface area contributed by atoms with E-state index < -0.39 is 24.5 Å². The first-order valence-electron chi connectivity index (χ1n) is 6.69. The zero-order valence-corrected chi connectivity index (χ0v) is 11.3. The zero-order valence-electron chi connectivity index (χ0n) is 11.3. The maximum absolute atomic E-state index is 11.4. The lowest BCUT2D eigenvalue weighted by Gasteiger charge is -2.22. The monoisotopic (exact) mass is 287 g/mol. The third kappa shape index (κ3) is 7.57. The van der Waals surface area contributed by atoms with Gasteiger partial charge in [-0.15, -0.1) is 0 Å². The molecule has 20 heavy (non-hydrogen) atoms. The summed E-state index contributed by atoms with van der Waals surface area (Å²) < 4.78 is 5.52. The molecule has 114 valence electrons. The molecule has 1 rings (SSSR count). The summed E-state index contributed by atoms with van der Waals surface area (Å²) in [5.74, 6) is -1.67. The molecule has 0 aromatic carbocycles. The lowest BCUT2D eigenvalue weighted by Crippen LogP contribution is -2.43. The van der Waals surface area contributed by atoms with Crippen LogP contribution in [0.15, 0.2) is 0 Å². The average molecular weight is 287 g/mol. The second-order valence-electron chi connectivity index (χ2n) is 4.56. The van der Waals surface area contributed by atoms with E-state index in [0.29, 0.717) is 6.54 Å². The quantitative estimate of drug-likeness (QED) is 0.501. The van der Waals surface area contributed by atoms with Crippen molar-refractivity contribution in [1.82, 2.24) is 16.0 Å². The molecule has 0 aliphatic carbocycles. The molecule has 1 aliphatic heterocycles. The standard InChI is InChI=1S/C12H21N3O5/c16-10(14-8-11(17)18)7-15-12(19)13-5-4-9-3-1-2-6-20-9/h9H,1-8H2,(H,14,16)(H,17,18)(H2,13,15,19). The third-order valence-corrected chi connectivity index (χ3v) is 2.87. The van der Waals surface area contributed by atoms with Crippen LogP contribution in [-0.2, 0) is 14.3 Å². The second-order valence-corrected chi connectivity index (χ2v) is 4.56. The highest BCUT2D eigenvalue weighted by molar-refractivity contribution is 5.86. The Balaban J connectivity index is 2.02. The summed E-state index contributed by atoms with van der Waals surface area (Å²) in [6, 6.07) is -0.453. The zero-order chi connectivity index (χ0) is 14.8. The number of nitrogens with one attached hydrogen (secondary N) is 3. The van der Waals surface area contributed by atoms with Gasteiger partial charge in [-0.05, 0) is 25.7 Å². The number of rotatable bonds is 7. The minimum atomic E-state index is -1.13. The summed E-state index contributed by atoms with van der Waals surface area (Å²) in [5.41, 5.74) is 0. The molecule has 1 heterocycles. The highest BCUT2D eigenvalue weighted by atomic mass is 16.5. The molecule has 8 nitrogen and oxygen atoms in total. The minimum absolute atomic E-state index is 0.197. The van der Waals surface area contributed by atoms with E-state index in [9.17, 15) is 14.4 Å². The van der Waals surface area contributed by atoms with Gasteiger partial charge >= 0.3 is 12.0 Å². The van der Waals surface area contributed by atoms with E-state index in [1.165, 1.54) is 0 Å². The smallest absolute Gasteiger partial charge is 0.322 e. The minimum Gasteiger partial charge on any atom is -0.480 e. The maximum atomic E-state index is 11.4. The van der Waals surface area contributed by atoms with Gasteiger partial charge < -0.3 is 25.8 Å². The molecule has 0 radical (unpaired) electrons. The fraction of sp³-hybridized carbons (Fsp3) is 0.750. The second kappa shape index (κ2) is 9.13. The molecule has 8 heteroatoms. The van der Waals surface area contributed by atoms with Crippen molar-refractivity contribution >= 4 is 17.9 Å². The van der Waals surface area contributed by atoms with Gasteiger partial charge in [-0.3, -0.25) is 9.59 Å². The first kappa shape index (κ1) is 16.2. The van der Waals surface area contributed by atoms with Crippen molar-refractivity contribution in [3.8, 4) is 0 Å². The van der Waals surface area contributed by atoms with Crippen LogP contribution in [0.2, 0.25) is 0 Å². The molecule has 0 aromatic rings. The van der Waals surface area contributed by atoms with Crippen molar-refractivity contribution in [2.24, 2.45) is 0 Å². The van der Waals surface area contributed by atoms with Crippen LogP contribution in [0, 0.1) is 0 Å². The Hall–Kier alpha value is -1.83. The van der Waals surface area contributed by atoms with Crippen molar-refractivity contribution in [1.29, 1.82) is 0 Å². The molecular formula is C12H21N3O5. The van der Waals surface area contributed by atoms with Crippen molar-refractivity contribution in [2.45, 2.75) is 31.8 Å². The number of carboxylic acids is 1. The number of hydrogen-bond acceptors (Lipinski definition) is 4. The summed E-state index contributed by atoms with van der Waals surface area (Å²) in [5, 5.41) is 15.5. The van der Waals surface area contributed by atoms with Crippen LogP contribution >= 0.6 is 0 Å². The van der Waals surface area contributed by atoms with E-state index in [1.807, 2.05) is 0 Å². The van der Waals surface area contributed by atoms with E-state index in [2.05, 4.69) is 16.0 Å². The van der Waals surface area contributed by atoms with Crippen LogP contribution in [0.25, 0.3) is 0 Å². The molecule has 1 atom stereocenters. The summed E-state index contributed by atoms with van der Waals surface area (Å²) in [7, 11) is 0. The van der Waals surface area contributed by atoms with Crippen LogP contribution in [-0.4, -0.2) is 55.4 Å². The van der Waals surface area contributed by atoms with E-state index in [4.69, 9.17) is 9.84 Å². The number of carbonyl (C=O) groups is 3. The Morgan fingerprint density at radius 3 is 2.55 bits per heavy atom. The number of urea groups is 1. The van der Waals surface area contributed by atoms with Gasteiger partial charge in [0.1, 0.15) is 6.54 Å². The number of carbonyl (C=O) groups excluding carboxylic acids is 2. The highest BCUT2D eigenvalue weighted by Crippen LogP contribution is 2.14. The van der Waals surface area contributed by atoms with Crippen LogP contribution in [0.4, 0.5) is 4.79 Å².